The smallest absolute Gasteiger partial charge is 0.293 e. The molecule has 0 aliphatic carbocycles. The highest BCUT2D eigenvalue weighted by molar-refractivity contribution is 6.04. The second-order valence-corrected chi connectivity index (χ2v) is 4.41. The van der Waals surface area contributed by atoms with Crippen molar-refractivity contribution in [3.8, 4) is 0 Å². The van der Waals surface area contributed by atoms with Crippen molar-refractivity contribution in [2.24, 2.45) is 0 Å². The summed E-state index contributed by atoms with van der Waals surface area (Å²) in [6, 6.07) is 4.91. The van der Waals surface area contributed by atoms with Gasteiger partial charge in [-0.3, -0.25) is 14.9 Å². The van der Waals surface area contributed by atoms with Gasteiger partial charge in [-0.2, -0.15) is 0 Å². The molecule has 1 aliphatic heterocycles. The van der Waals surface area contributed by atoms with Crippen LogP contribution in [-0.2, 0) is 6.42 Å². The minimum absolute atomic E-state index is 0.0114. The minimum Gasteiger partial charge on any atom is -0.345 e. The van der Waals surface area contributed by atoms with Crippen LogP contribution in [0.15, 0.2) is 18.2 Å². The molecule has 0 fully saturated rings. The monoisotopic (exact) mass is 245 g/mol. The van der Waals surface area contributed by atoms with Gasteiger partial charge < -0.3 is 9.88 Å². The number of likely N-dealkylation sites (N-methyl/N-ethyl adjacent to an activating group) is 1. The number of carbonyl (C=O) groups is 1. The molecular formula is C12H11N3O3. The van der Waals surface area contributed by atoms with Crippen LogP contribution in [0.2, 0.25) is 0 Å². The third-order valence-corrected chi connectivity index (χ3v) is 3.37. The molecule has 6 nitrogen and oxygen atoms in total. The number of para-hydroxylation sites is 1. The number of carbonyl (C=O) groups excluding carboxylic acids is 1. The first-order chi connectivity index (χ1) is 8.59. The van der Waals surface area contributed by atoms with Gasteiger partial charge in [0.15, 0.2) is 0 Å². The number of hydrogen-bond donors (Lipinski definition) is 1. The lowest BCUT2D eigenvalue weighted by molar-refractivity contribution is -0.383. The van der Waals surface area contributed by atoms with E-state index in [1.165, 1.54) is 6.07 Å². The van der Waals surface area contributed by atoms with Gasteiger partial charge in [-0.1, -0.05) is 12.1 Å². The number of aromatic nitrogens is 1. The number of nitro benzene ring substituents is 1. The molecule has 0 saturated carbocycles. The Morgan fingerprint density at radius 3 is 2.94 bits per heavy atom. The molecule has 1 aromatic carbocycles. The summed E-state index contributed by atoms with van der Waals surface area (Å²) in [4.78, 5) is 27.1. The maximum Gasteiger partial charge on any atom is 0.293 e. The highest BCUT2D eigenvalue weighted by atomic mass is 16.6. The van der Waals surface area contributed by atoms with Crippen LogP contribution in [-0.4, -0.2) is 34.3 Å². The Hall–Kier alpha value is -2.37. The van der Waals surface area contributed by atoms with E-state index in [4.69, 9.17) is 0 Å². The van der Waals surface area contributed by atoms with E-state index < -0.39 is 4.92 Å². The molecule has 0 radical (unpaired) electrons. The summed E-state index contributed by atoms with van der Waals surface area (Å²) >= 11 is 0. The molecule has 1 amide bonds. The van der Waals surface area contributed by atoms with Gasteiger partial charge in [0.2, 0.25) is 0 Å². The number of nitrogens with zero attached hydrogens (tertiary/aromatic N) is 2. The van der Waals surface area contributed by atoms with E-state index >= 15 is 0 Å². The summed E-state index contributed by atoms with van der Waals surface area (Å²) < 4.78 is 0. The van der Waals surface area contributed by atoms with Gasteiger partial charge in [-0.05, 0) is 12.0 Å². The first kappa shape index (κ1) is 10.8. The van der Waals surface area contributed by atoms with Gasteiger partial charge >= 0.3 is 0 Å². The highest BCUT2D eigenvalue weighted by Crippen LogP contribution is 2.32. The molecule has 1 aromatic heterocycles. The SMILES string of the molecule is CN1CCc2c([nH]c3c([N+](=O)[O-])cccc23)C1=O. The number of H-pyrrole nitrogens is 1. The average Bonchev–Trinajstić information content (AvgIpc) is 2.72. The normalized spacial score (nSPS) is 14.9. The zero-order valence-corrected chi connectivity index (χ0v) is 9.77. The number of fused-ring (bicyclic) bond motifs is 3. The summed E-state index contributed by atoms with van der Waals surface area (Å²) in [5, 5.41) is 11.7. The number of benzene rings is 1. The van der Waals surface area contributed by atoms with Crippen molar-refractivity contribution < 1.29 is 9.72 Å². The van der Waals surface area contributed by atoms with Crippen molar-refractivity contribution in [2.75, 3.05) is 13.6 Å². The van der Waals surface area contributed by atoms with Crippen LogP contribution in [0.25, 0.3) is 10.9 Å². The maximum atomic E-state index is 12.0. The average molecular weight is 245 g/mol. The van der Waals surface area contributed by atoms with Crippen molar-refractivity contribution in [2.45, 2.75) is 6.42 Å². The van der Waals surface area contributed by atoms with Gasteiger partial charge in [-0.25, -0.2) is 0 Å². The van der Waals surface area contributed by atoms with E-state index in [1.54, 1.807) is 18.0 Å². The van der Waals surface area contributed by atoms with Gasteiger partial charge in [0.25, 0.3) is 11.6 Å². The Labute approximate surface area is 102 Å². The van der Waals surface area contributed by atoms with Crippen molar-refractivity contribution >= 4 is 22.5 Å². The zero-order chi connectivity index (χ0) is 12.9. The number of nitro groups is 1. The number of hydrogen-bond acceptors (Lipinski definition) is 3. The van der Waals surface area contributed by atoms with Crippen LogP contribution in [0.1, 0.15) is 16.1 Å². The van der Waals surface area contributed by atoms with Gasteiger partial charge in [-0.15, -0.1) is 0 Å². The molecule has 0 bridgehead atoms. The quantitative estimate of drug-likeness (QED) is 0.613. The largest absolute Gasteiger partial charge is 0.345 e. The zero-order valence-electron chi connectivity index (χ0n) is 9.77. The molecule has 1 N–H and O–H groups in total. The lowest BCUT2D eigenvalue weighted by atomic mass is 10.0. The van der Waals surface area contributed by atoms with E-state index in [2.05, 4.69) is 4.98 Å². The van der Waals surface area contributed by atoms with E-state index in [9.17, 15) is 14.9 Å². The van der Waals surface area contributed by atoms with Crippen LogP contribution in [0.5, 0.6) is 0 Å². The first-order valence-electron chi connectivity index (χ1n) is 5.63. The summed E-state index contributed by atoms with van der Waals surface area (Å²) in [5.41, 5.74) is 1.82. The predicted octanol–water partition coefficient (Wildman–Crippen LogP) is 1.70. The Balaban J connectivity index is 2.33. The third-order valence-electron chi connectivity index (χ3n) is 3.37. The molecule has 3 rings (SSSR count). The highest BCUT2D eigenvalue weighted by Gasteiger charge is 2.27. The Bertz CT molecular complexity index is 675. The number of amides is 1. The molecule has 2 heterocycles. The number of aromatic amines is 1. The molecule has 0 unspecified atom stereocenters. The van der Waals surface area contributed by atoms with E-state index in [-0.39, 0.29) is 11.6 Å². The Kier molecular flexibility index (Phi) is 2.13. The second kappa shape index (κ2) is 3.56. The number of nitrogens with one attached hydrogen (secondary N) is 1. The molecule has 92 valence electrons. The van der Waals surface area contributed by atoms with Gasteiger partial charge in [0, 0.05) is 25.0 Å². The fourth-order valence-corrected chi connectivity index (χ4v) is 2.42. The van der Waals surface area contributed by atoms with Gasteiger partial charge in [0.1, 0.15) is 11.2 Å². The van der Waals surface area contributed by atoms with Gasteiger partial charge in [0.05, 0.1) is 4.92 Å². The topological polar surface area (TPSA) is 79.2 Å². The summed E-state index contributed by atoms with van der Waals surface area (Å²) in [6.07, 6.45) is 0.721. The molecule has 0 atom stereocenters. The lowest BCUT2D eigenvalue weighted by Crippen LogP contribution is -2.33. The van der Waals surface area contributed by atoms with Crippen molar-refractivity contribution in [1.29, 1.82) is 0 Å². The fourth-order valence-electron chi connectivity index (χ4n) is 2.42. The summed E-state index contributed by atoms with van der Waals surface area (Å²) in [6.45, 7) is 0.640. The van der Waals surface area contributed by atoms with Crippen molar-refractivity contribution in [3.63, 3.8) is 0 Å². The molecule has 18 heavy (non-hydrogen) atoms. The molecule has 2 aromatic rings. The lowest BCUT2D eigenvalue weighted by Gasteiger charge is -2.22. The molecule has 0 saturated heterocycles. The van der Waals surface area contributed by atoms with Crippen molar-refractivity contribution in [1.82, 2.24) is 9.88 Å². The second-order valence-electron chi connectivity index (χ2n) is 4.41. The predicted molar refractivity (Wildman–Crippen MR) is 65.6 cm³/mol. The summed E-state index contributed by atoms with van der Waals surface area (Å²) in [5.74, 6) is -0.109. The van der Waals surface area contributed by atoms with Crippen LogP contribution in [0.4, 0.5) is 5.69 Å². The fraction of sp³-hybridized carbons (Fsp3) is 0.250. The van der Waals surface area contributed by atoms with Crippen LogP contribution >= 0.6 is 0 Å². The molecule has 6 heteroatoms. The van der Waals surface area contributed by atoms with Crippen LogP contribution < -0.4 is 0 Å². The molecule has 1 aliphatic rings. The summed E-state index contributed by atoms with van der Waals surface area (Å²) in [7, 11) is 1.73. The first-order valence-corrected chi connectivity index (χ1v) is 5.63. The van der Waals surface area contributed by atoms with Crippen molar-refractivity contribution in [3.05, 3.63) is 39.6 Å². The Morgan fingerprint density at radius 2 is 2.22 bits per heavy atom. The van der Waals surface area contributed by atoms with E-state index in [0.29, 0.717) is 17.8 Å². The van der Waals surface area contributed by atoms with E-state index in [1.807, 2.05) is 6.07 Å². The van der Waals surface area contributed by atoms with Crippen LogP contribution in [0, 0.1) is 10.1 Å². The standard InChI is InChI=1S/C12H11N3O3/c1-14-6-5-8-7-3-2-4-9(15(17)18)10(7)13-11(8)12(14)16/h2-4,13H,5-6H2,1H3. The molecule has 0 spiro atoms. The maximum absolute atomic E-state index is 12.0. The number of non-ortho nitro benzene ring substituents is 1. The minimum atomic E-state index is -0.432. The Morgan fingerprint density at radius 1 is 1.44 bits per heavy atom. The van der Waals surface area contributed by atoms with Crippen LogP contribution in [0.3, 0.4) is 0 Å². The van der Waals surface area contributed by atoms with E-state index in [0.717, 1.165) is 17.4 Å². The molecular weight excluding hydrogens is 234 g/mol. The number of rotatable bonds is 1. The third kappa shape index (κ3) is 1.32.